The number of aldehydes is 1. The lowest BCUT2D eigenvalue weighted by molar-refractivity contribution is -0.105. The topological polar surface area (TPSA) is 43.4 Å². The molecular weight excluding hydrogens is 127 g/mol. The molecule has 0 saturated carbocycles. The lowest BCUT2D eigenvalue weighted by Gasteiger charge is -1.78. The molecule has 1 atom stereocenters. The van der Waals surface area contributed by atoms with Crippen LogP contribution in [0.4, 0.5) is 0 Å². The van der Waals surface area contributed by atoms with Gasteiger partial charge in [0.25, 0.3) is 0 Å². The first kappa shape index (κ1) is 7.73. The summed E-state index contributed by atoms with van der Waals surface area (Å²) >= 11 is 0. The lowest BCUT2D eigenvalue weighted by Crippen LogP contribution is -1.85. The molecule has 0 spiro atoms. The molecule has 8 heavy (non-hydrogen) atoms. The van der Waals surface area contributed by atoms with Gasteiger partial charge in [0.15, 0.2) is 6.29 Å². The van der Waals surface area contributed by atoms with Gasteiger partial charge < -0.3 is 4.74 Å². The Kier molecular flexibility index (Phi) is 4.71. The van der Waals surface area contributed by atoms with Crippen molar-refractivity contribution >= 4 is 14.1 Å². The Balaban J connectivity index is 3.18. The summed E-state index contributed by atoms with van der Waals surface area (Å²) in [6.07, 6.45) is 0.939. The van der Waals surface area contributed by atoms with E-state index in [0.29, 0.717) is 6.29 Å². The fraction of sp³-hybridized carbons (Fsp3) is 0.750. The van der Waals surface area contributed by atoms with Gasteiger partial charge in [0.2, 0.25) is 12.5 Å². The molecule has 0 fully saturated rings. The number of carbonyl (C=O) groups is 1. The van der Waals surface area contributed by atoms with E-state index in [1.54, 1.807) is 0 Å². The summed E-state index contributed by atoms with van der Waals surface area (Å²) in [6, 6.07) is 0. The smallest absolute Gasteiger partial charge is 0.341 e. The van der Waals surface area contributed by atoms with Gasteiger partial charge in [-0.15, -0.1) is 0 Å². The van der Waals surface area contributed by atoms with Crippen LogP contribution < -0.4 is 0 Å². The van der Waals surface area contributed by atoms with Crippen molar-refractivity contribution in [2.75, 3.05) is 19.6 Å². The van der Waals surface area contributed by atoms with Crippen molar-refractivity contribution in [3.05, 3.63) is 0 Å². The predicted octanol–water partition coefficient (Wildman–Crippen LogP) is 0.617. The zero-order valence-corrected chi connectivity index (χ0v) is 5.56. The van der Waals surface area contributed by atoms with Gasteiger partial charge in [-0.1, -0.05) is 4.57 Å². The minimum Gasteiger partial charge on any atom is -0.341 e. The van der Waals surface area contributed by atoms with Crippen LogP contribution in [0, 0.1) is 0 Å². The fourth-order valence-electron chi connectivity index (χ4n) is 0.280. The molecule has 0 aliphatic carbocycles. The van der Waals surface area contributed by atoms with Crippen molar-refractivity contribution in [2.45, 2.75) is 0 Å². The van der Waals surface area contributed by atoms with Crippen LogP contribution in [0.1, 0.15) is 0 Å². The average Bonchev–Trinajstić information content (AvgIpc) is 1.68. The van der Waals surface area contributed by atoms with Gasteiger partial charge in [0.05, 0.1) is 0 Å². The maximum absolute atomic E-state index is 10.4. The number of hydrogen-bond donors (Lipinski definition) is 0. The van der Waals surface area contributed by atoms with Crippen LogP contribution in [0.3, 0.4) is 0 Å². The third-order valence-electron chi connectivity index (χ3n) is 0.551. The molecule has 0 aliphatic rings. The normalized spacial score (nSPS) is 10.9. The second-order valence-corrected chi connectivity index (χ2v) is 2.84. The second-order valence-electron chi connectivity index (χ2n) is 1.25. The summed E-state index contributed by atoms with van der Waals surface area (Å²) in [5, 5.41) is 0. The van der Waals surface area contributed by atoms with E-state index in [2.05, 4.69) is 4.74 Å². The van der Waals surface area contributed by atoms with E-state index in [0.717, 1.165) is 0 Å². The second kappa shape index (κ2) is 4.88. The van der Waals surface area contributed by atoms with Crippen LogP contribution in [-0.4, -0.2) is 25.9 Å². The molecule has 3 nitrogen and oxygen atoms in total. The highest BCUT2D eigenvalue weighted by atomic mass is 31.1. The Labute approximate surface area is 48.8 Å². The van der Waals surface area contributed by atoms with Crippen LogP contribution >= 0.6 is 7.80 Å². The zero-order valence-electron chi connectivity index (χ0n) is 4.66. The van der Waals surface area contributed by atoms with Crippen molar-refractivity contribution in [3.63, 3.8) is 0 Å². The standard InChI is InChI=1S/C4H8O3P/c1-7-4-8(6)3-2-5/h2H,3-4H2,1H3/q+1. The molecule has 0 rings (SSSR count). The van der Waals surface area contributed by atoms with Gasteiger partial charge in [0, 0.05) is 7.11 Å². The van der Waals surface area contributed by atoms with E-state index in [4.69, 9.17) is 0 Å². The largest absolute Gasteiger partial charge is 0.374 e. The predicted molar refractivity (Wildman–Crippen MR) is 30.4 cm³/mol. The first-order valence-electron chi connectivity index (χ1n) is 2.16. The van der Waals surface area contributed by atoms with Crippen molar-refractivity contribution < 1.29 is 14.1 Å². The van der Waals surface area contributed by atoms with Crippen LogP contribution in [-0.2, 0) is 14.1 Å². The van der Waals surface area contributed by atoms with Crippen LogP contribution in [0.15, 0.2) is 0 Å². The van der Waals surface area contributed by atoms with E-state index in [1.165, 1.54) is 7.11 Å². The summed E-state index contributed by atoms with van der Waals surface area (Å²) in [6.45, 7) is 0. The van der Waals surface area contributed by atoms with Gasteiger partial charge in [-0.2, -0.15) is 0 Å². The van der Waals surface area contributed by atoms with Gasteiger partial charge >= 0.3 is 7.80 Å². The molecule has 0 heterocycles. The molecule has 0 radical (unpaired) electrons. The van der Waals surface area contributed by atoms with Crippen LogP contribution in [0.2, 0.25) is 0 Å². The molecule has 46 valence electrons. The third kappa shape index (κ3) is 3.90. The van der Waals surface area contributed by atoms with Gasteiger partial charge in [0.1, 0.15) is 0 Å². The van der Waals surface area contributed by atoms with Crippen LogP contribution in [0.25, 0.3) is 0 Å². The molecule has 0 aliphatic heterocycles. The zero-order chi connectivity index (χ0) is 6.41. The molecule has 4 heteroatoms. The molecule has 0 saturated heterocycles. The maximum atomic E-state index is 10.4. The summed E-state index contributed by atoms with van der Waals surface area (Å²) < 4.78 is 14.9. The molecule has 0 aromatic heterocycles. The van der Waals surface area contributed by atoms with Gasteiger partial charge in [-0.05, 0) is 0 Å². The minimum absolute atomic E-state index is 0.114. The summed E-state index contributed by atoms with van der Waals surface area (Å²) in [7, 11) is 0.0353. The Morgan fingerprint density at radius 1 is 1.75 bits per heavy atom. The molecule has 0 aromatic carbocycles. The van der Waals surface area contributed by atoms with E-state index < -0.39 is 7.80 Å². The minimum atomic E-state index is -1.42. The lowest BCUT2D eigenvalue weighted by atomic mass is 10.9. The molecule has 0 N–H and O–H groups in total. The van der Waals surface area contributed by atoms with Crippen LogP contribution in [0.5, 0.6) is 0 Å². The van der Waals surface area contributed by atoms with E-state index >= 15 is 0 Å². The molecule has 0 amide bonds. The Morgan fingerprint density at radius 2 is 2.38 bits per heavy atom. The highest BCUT2D eigenvalue weighted by Crippen LogP contribution is 2.16. The number of hydrogen-bond acceptors (Lipinski definition) is 3. The highest BCUT2D eigenvalue weighted by Gasteiger charge is 2.11. The first-order chi connectivity index (χ1) is 3.81. The summed E-state index contributed by atoms with van der Waals surface area (Å²) in [5.74, 6) is 0. The number of methoxy groups -OCH3 is 1. The SMILES string of the molecule is COC[P+](=O)CC=O. The van der Waals surface area contributed by atoms with Crippen molar-refractivity contribution in [1.82, 2.24) is 0 Å². The van der Waals surface area contributed by atoms with Crippen molar-refractivity contribution in [1.29, 1.82) is 0 Å². The number of carbonyl (C=O) groups excluding carboxylic acids is 1. The van der Waals surface area contributed by atoms with Gasteiger partial charge in [-0.3, -0.25) is 4.79 Å². The van der Waals surface area contributed by atoms with E-state index in [1.807, 2.05) is 0 Å². The first-order valence-corrected chi connectivity index (χ1v) is 3.79. The van der Waals surface area contributed by atoms with Crippen molar-refractivity contribution in [2.24, 2.45) is 0 Å². The maximum Gasteiger partial charge on any atom is 0.374 e. The number of rotatable bonds is 4. The molecule has 0 bridgehead atoms. The molecule has 1 unspecified atom stereocenters. The molecule has 0 aromatic rings. The van der Waals surface area contributed by atoms with Gasteiger partial charge in [-0.25, -0.2) is 0 Å². The van der Waals surface area contributed by atoms with Crippen molar-refractivity contribution in [3.8, 4) is 0 Å². The summed E-state index contributed by atoms with van der Waals surface area (Å²) in [4.78, 5) is 9.65. The third-order valence-corrected chi connectivity index (χ3v) is 1.65. The summed E-state index contributed by atoms with van der Waals surface area (Å²) in [5.41, 5.74) is 0. The Bertz CT molecular complexity index is 91.3. The highest BCUT2D eigenvalue weighted by molar-refractivity contribution is 7.45. The molecular formula is C4H8O3P+. The van der Waals surface area contributed by atoms with E-state index in [-0.39, 0.29) is 12.5 Å². The number of ether oxygens (including phenoxy) is 1. The Morgan fingerprint density at radius 3 is 2.75 bits per heavy atom. The quantitative estimate of drug-likeness (QED) is 0.419. The monoisotopic (exact) mass is 135 g/mol. The Hall–Kier alpha value is -0.270. The average molecular weight is 135 g/mol. The van der Waals surface area contributed by atoms with E-state index in [9.17, 15) is 9.36 Å². The fourth-order valence-corrected chi connectivity index (χ4v) is 0.839.